The Balaban J connectivity index is 3.68. The molecule has 126 valence electrons. The van der Waals surface area contributed by atoms with E-state index in [1.165, 1.54) is 20.2 Å². The van der Waals surface area contributed by atoms with Crippen LogP contribution in [-0.2, 0) is 20.0 Å². The molecule has 12 heteroatoms. The molecule has 1 N–H and O–H groups in total. The Morgan fingerprint density at radius 3 is 1.82 bits per heavy atom. The van der Waals surface area contributed by atoms with Crippen molar-refractivity contribution < 1.29 is 39.0 Å². The van der Waals surface area contributed by atoms with Crippen LogP contribution in [0, 0.1) is 0 Å². The molecule has 0 heterocycles. The molecule has 1 rings (SSSR count). The minimum absolute atomic E-state index is 0.353. The second-order valence-electron chi connectivity index (χ2n) is 4.37. The quantitative estimate of drug-likeness (QED) is 0.630. The van der Waals surface area contributed by atoms with Gasteiger partial charge in [0.15, 0.2) is 0 Å². The highest BCUT2D eigenvalue weighted by Crippen LogP contribution is 2.46. The molecule has 0 aliphatic carbocycles. The highest BCUT2D eigenvalue weighted by molar-refractivity contribution is 7.94. The molecule has 1 aromatic rings. The third kappa shape index (κ3) is 2.65. The van der Waals surface area contributed by atoms with Crippen LogP contribution in [0.1, 0.15) is 0 Å². The second kappa shape index (κ2) is 5.35. The standard InChI is InChI=1S/C10H11F4NO5S2/c1-15(2)7-5-3-4-6-8(7)21(16,17)9(11,12)10(13,14)22(18,19)20/h3-6H,1-2H3,(H,18,19,20). The van der Waals surface area contributed by atoms with Gasteiger partial charge >= 0.3 is 20.6 Å². The van der Waals surface area contributed by atoms with E-state index in [1.807, 2.05) is 0 Å². The van der Waals surface area contributed by atoms with Crippen molar-refractivity contribution in [2.24, 2.45) is 0 Å². The maximum absolute atomic E-state index is 13.7. The van der Waals surface area contributed by atoms with E-state index in [1.54, 1.807) is 0 Å². The highest BCUT2D eigenvalue weighted by atomic mass is 32.2. The second-order valence-corrected chi connectivity index (χ2v) is 7.80. The van der Waals surface area contributed by atoms with E-state index in [0.717, 1.165) is 17.0 Å². The first-order chi connectivity index (χ1) is 9.68. The summed E-state index contributed by atoms with van der Waals surface area (Å²) in [6, 6.07) is 3.96. The predicted octanol–water partition coefficient (Wildman–Crippen LogP) is 1.60. The summed E-state index contributed by atoms with van der Waals surface area (Å²) in [5, 5.41) is -12.3. The van der Waals surface area contributed by atoms with E-state index in [4.69, 9.17) is 4.55 Å². The maximum atomic E-state index is 13.7. The Labute approximate surface area is 124 Å². The van der Waals surface area contributed by atoms with Gasteiger partial charge in [-0.2, -0.15) is 26.0 Å². The molecule has 0 amide bonds. The first kappa shape index (κ1) is 18.6. The first-order valence-electron chi connectivity index (χ1n) is 5.41. The molecular weight excluding hydrogens is 354 g/mol. The van der Waals surface area contributed by atoms with Gasteiger partial charge in [0.05, 0.1) is 10.6 Å². The van der Waals surface area contributed by atoms with Crippen molar-refractivity contribution in [1.29, 1.82) is 0 Å². The van der Waals surface area contributed by atoms with Gasteiger partial charge in [0.2, 0.25) is 0 Å². The number of sulfone groups is 1. The van der Waals surface area contributed by atoms with Gasteiger partial charge in [-0.15, -0.1) is 0 Å². The Morgan fingerprint density at radius 2 is 1.41 bits per heavy atom. The van der Waals surface area contributed by atoms with Crippen molar-refractivity contribution in [3.8, 4) is 0 Å². The molecule has 1 aromatic carbocycles. The predicted molar refractivity (Wildman–Crippen MR) is 69.4 cm³/mol. The number of rotatable bonds is 5. The van der Waals surface area contributed by atoms with Crippen LogP contribution < -0.4 is 4.90 Å². The highest BCUT2D eigenvalue weighted by Gasteiger charge is 2.73. The SMILES string of the molecule is CN(C)c1ccccc1S(=O)(=O)C(F)(F)C(F)(F)S(=O)(=O)O. The Hall–Kier alpha value is -1.40. The number of alkyl halides is 4. The van der Waals surface area contributed by atoms with Crippen LogP contribution in [0.4, 0.5) is 23.2 Å². The lowest BCUT2D eigenvalue weighted by atomic mass is 10.3. The van der Waals surface area contributed by atoms with Gasteiger partial charge in [-0.1, -0.05) is 12.1 Å². The topological polar surface area (TPSA) is 91.8 Å². The molecule has 0 bridgehead atoms. The molecule has 0 saturated carbocycles. The van der Waals surface area contributed by atoms with Crippen LogP contribution in [0.3, 0.4) is 0 Å². The van der Waals surface area contributed by atoms with Crippen molar-refractivity contribution in [1.82, 2.24) is 0 Å². The molecule has 6 nitrogen and oxygen atoms in total. The largest absolute Gasteiger partial charge is 0.447 e. The Bertz CT molecular complexity index is 774. The lowest BCUT2D eigenvalue weighted by molar-refractivity contribution is -0.101. The molecule has 0 radical (unpaired) electrons. The van der Waals surface area contributed by atoms with E-state index >= 15 is 0 Å². The number of nitrogens with zero attached hydrogens (tertiary/aromatic N) is 1. The van der Waals surface area contributed by atoms with Crippen molar-refractivity contribution >= 4 is 25.6 Å². The van der Waals surface area contributed by atoms with Crippen molar-refractivity contribution in [3.63, 3.8) is 0 Å². The van der Waals surface area contributed by atoms with E-state index in [-0.39, 0.29) is 5.69 Å². The molecule has 0 aliphatic rings. The summed E-state index contributed by atoms with van der Waals surface area (Å²) in [5.74, 6) is 0. The van der Waals surface area contributed by atoms with Gasteiger partial charge in [0, 0.05) is 14.1 Å². The van der Waals surface area contributed by atoms with Crippen LogP contribution in [-0.4, -0.2) is 46.0 Å². The molecule has 0 spiro atoms. The van der Waals surface area contributed by atoms with E-state index in [2.05, 4.69) is 0 Å². The number of benzene rings is 1. The van der Waals surface area contributed by atoms with Crippen molar-refractivity contribution in [2.45, 2.75) is 15.4 Å². The average Bonchev–Trinajstić information content (AvgIpc) is 2.36. The van der Waals surface area contributed by atoms with Gasteiger partial charge in [-0.25, -0.2) is 8.42 Å². The summed E-state index contributed by atoms with van der Waals surface area (Å²) >= 11 is 0. The fraction of sp³-hybridized carbons (Fsp3) is 0.400. The van der Waals surface area contributed by atoms with E-state index in [0.29, 0.717) is 6.07 Å². The van der Waals surface area contributed by atoms with E-state index in [9.17, 15) is 34.4 Å². The van der Waals surface area contributed by atoms with Crippen LogP contribution >= 0.6 is 0 Å². The van der Waals surface area contributed by atoms with Crippen LogP contribution in [0.25, 0.3) is 0 Å². The lowest BCUT2D eigenvalue weighted by Gasteiger charge is -2.25. The summed E-state index contributed by atoms with van der Waals surface area (Å²) in [4.78, 5) is -0.137. The van der Waals surface area contributed by atoms with Gasteiger partial charge in [-0.05, 0) is 12.1 Å². The first-order valence-corrected chi connectivity index (χ1v) is 8.34. The summed E-state index contributed by atoms with van der Waals surface area (Å²) in [6.45, 7) is 0. The fourth-order valence-electron chi connectivity index (χ4n) is 1.50. The van der Waals surface area contributed by atoms with Gasteiger partial charge < -0.3 is 4.90 Å². The maximum Gasteiger partial charge on any atom is 0.447 e. The van der Waals surface area contributed by atoms with Gasteiger partial charge in [0.1, 0.15) is 0 Å². The third-order valence-electron chi connectivity index (χ3n) is 2.64. The van der Waals surface area contributed by atoms with Crippen LogP contribution in [0.15, 0.2) is 29.2 Å². The van der Waals surface area contributed by atoms with Crippen molar-refractivity contribution in [3.05, 3.63) is 24.3 Å². The number of para-hydroxylation sites is 1. The molecule has 0 saturated heterocycles. The zero-order valence-electron chi connectivity index (χ0n) is 11.2. The summed E-state index contributed by atoms with van der Waals surface area (Å²) in [6.07, 6.45) is 0. The Kier molecular flexibility index (Phi) is 4.54. The minimum atomic E-state index is -6.66. The zero-order chi connectivity index (χ0) is 17.6. The zero-order valence-corrected chi connectivity index (χ0v) is 12.8. The minimum Gasteiger partial charge on any atom is -0.377 e. The molecular formula is C10H11F4NO5S2. The molecule has 22 heavy (non-hydrogen) atoms. The number of hydrogen-bond donors (Lipinski definition) is 1. The van der Waals surface area contributed by atoms with Crippen LogP contribution in [0.5, 0.6) is 0 Å². The number of anilines is 1. The Morgan fingerprint density at radius 1 is 0.955 bits per heavy atom. The summed E-state index contributed by atoms with van der Waals surface area (Å²) in [5.41, 5.74) is -0.353. The van der Waals surface area contributed by atoms with Crippen LogP contribution in [0.2, 0.25) is 0 Å². The summed E-state index contributed by atoms with van der Waals surface area (Å²) < 4.78 is 107. The third-order valence-corrected chi connectivity index (χ3v) is 5.53. The van der Waals surface area contributed by atoms with Gasteiger partial charge in [0.25, 0.3) is 9.84 Å². The molecule has 0 aliphatic heterocycles. The van der Waals surface area contributed by atoms with Crippen molar-refractivity contribution in [2.75, 3.05) is 19.0 Å². The lowest BCUT2D eigenvalue weighted by Crippen LogP contribution is -2.51. The monoisotopic (exact) mass is 365 g/mol. The smallest absolute Gasteiger partial charge is 0.377 e. The number of hydrogen-bond acceptors (Lipinski definition) is 5. The van der Waals surface area contributed by atoms with E-state index < -0.39 is 35.4 Å². The molecule has 0 fully saturated rings. The van der Waals surface area contributed by atoms with Gasteiger partial charge in [-0.3, -0.25) is 4.55 Å². The summed E-state index contributed by atoms with van der Waals surface area (Å²) in [7, 11) is -10.2. The number of halogens is 4. The average molecular weight is 365 g/mol. The molecule has 0 unspecified atom stereocenters. The normalized spacial score (nSPS) is 14.0. The fourth-order valence-corrected chi connectivity index (χ4v) is 3.82. The molecule has 0 aromatic heterocycles. The molecule has 0 atom stereocenters.